The summed E-state index contributed by atoms with van der Waals surface area (Å²) in [7, 11) is 3.36. The maximum Gasteiger partial charge on any atom is 0.271 e. The van der Waals surface area contributed by atoms with E-state index in [9.17, 15) is 19.7 Å². The lowest BCUT2D eigenvalue weighted by Crippen LogP contribution is -2.26. The van der Waals surface area contributed by atoms with Gasteiger partial charge in [-0.2, -0.15) is 10.2 Å². The number of nitrogens with one attached hydrogen (secondary N) is 2. The number of nitro groups is 1. The zero-order valence-electron chi connectivity index (χ0n) is 15.1. The number of hydrogen-bond donors (Lipinski definition) is 2. The number of rotatable bonds is 6. The van der Waals surface area contributed by atoms with Gasteiger partial charge in [-0.3, -0.25) is 29.1 Å². The molecule has 1 aromatic carbocycles. The molecule has 2 amide bonds. The van der Waals surface area contributed by atoms with Crippen molar-refractivity contribution in [3.05, 3.63) is 69.8 Å². The predicted octanol–water partition coefficient (Wildman–Crippen LogP) is 1.24. The van der Waals surface area contributed by atoms with E-state index in [-0.39, 0.29) is 29.2 Å². The third-order valence-corrected chi connectivity index (χ3v) is 3.95. The molecule has 3 aromatic rings. The van der Waals surface area contributed by atoms with Gasteiger partial charge in [0, 0.05) is 50.1 Å². The Kier molecular flexibility index (Phi) is 5.16. The number of aromatic nitrogens is 4. The number of anilines is 1. The van der Waals surface area contributed by atoms with E-state index in [2.05, 4.69) is 20.8 Å². The number of nitrogens with zero attached hydrogens (tertiary/aromatic N) is 5. The highest BCUT2D eigenvalue weighted by Crippen LogP contribution is 2.17. The number of amides is 2. The van der Waals surface area contributed by atoms with Crippen molar-refractivity contribution in [1.82, 2.24) is 24.9 Å². The number of benzene rings is 1. The molecule has 0 bridgehead atoms. The number of hydrogen-bond acceptors (Lipinski definition) is 6. The van der Waals surface area contributed by atoms with E-state index in [1.807, 2.05) is 0 Å². The molecule has 0 aliphatic heterocycles. The standard InChI is InChI=1S/C17H17N7O4/c1-22-10-11(8-19-22)7-18-17(26)15-14(9-20-23(15)2)21-16(25)12-3-5-13(6-4-12)24(27)28/h3-6,8-10H,7H2,1-2H3,(H,18,26)(H,21,25). The minimum Gasteiger partial charge on any atom is -0.346 e. The number of carbonyl (C=O) groups is 2. The van der Waals surface area contributed by atoms with Gasteiger partial charge in [-0.1, -0.05) is 0 Å². The molecular formula is C17H17N7O4. The molecular weight excluding hydrogens is 366 g/mol. The number of carbonyl (C=O) groups excluding carboxylic acids is 2. The Morgan fingerprint density at radius 2 is 1.82 bits per heavy atom. The first-order chi connectivity index (χ1) is 13.3. The van der Waals surface area contributed by atoms with Gasteiger partial charge in [0.05, 0.1) is 23.0 Å². The molecule has 2 aromatic heterocycles. The van der Waals surface area contributed by atoms with Crippen molar-refractivity contribution in [3.8, 4) is 0 Å². The molecule has 0 spiro atoms. The lowest BCUT2D eigenvalue weighted by Gasteiger charge is -2.08. The quantitative estimate of drug-likeness (QED) is 0.485. The van der Waals surface area contributed by atoms with Crippen LogP contribution in [0.2, 0.25) is 0 Å². The minimum atomic E-state index is -0.548. The van der Waals surface area contributed by atoms with Gasteiger partial charge in [-0.05, 0) is 12.1 Å². The van der Waals surface area contributed by atoms with E-state index >= 15 is 0 Å². The Balaban J connectivity index is 1.71. The third-order valence-electron chi connectivity index (χ3n) is 3.95. The van der Waals surface area contributed by atoms with E-state index in [0.29, 0.717) is 0 Å². The zero-order valence-corrected chi connectivity index (χ0v) is 15.1. The first-order valence-electron chi connectivity index (χ1n) is 8.18. The van der Waals surface area contributed by atoms with Gasteiger partial charge in [-0.25, -0.2) is 0 Å². The summed E-state index contributed by atoms with van der Waals surface area (Å²) in [4.78, 5) is 35.1. The zero-order chi connectivity index (χ0) is 20.3. The van der Waals surface area contributed by atoms with Crippen LogP contribution in [0.15, 0.2) is 42.9 Å². The molecule has 2 N–H and O–H groups in total. The molecule has 0 atom stereocenters. The Bertz CT molecular complexity index is 1040. The molecule has 0 saturated carbocycles. The van der Waals surface area contributed by atoms with Crippen LogP contribution in [0.5, 0.6) is 0 Å². The molecule has 0 aliphatic rings. The van der Waals surface area contributed by atoms with Gasteiger partial charge in [-0.15, -0.1) is 0 Å². The summed E-state index contributed by atoms with van der Waals surface area (Å²) >= 11 is 0. The summed E-state index contributed by atoms with van der Waals surface area (Å²) in [5.41, 5.74) is 1.34. The van der Waals surface area contributed by atoms with Crippen LogP contribution in [0.4, 0.5) is 11.4 Å². The SMILES string of the molecule is Cn1cc(CNC(=O)c2c(NC(=O)c3ccc([N+](=O)[O-])cc3)cnn2C)cn1. The molecule has 11 nitrogen and oxygen atoms in total. The van der Waals surface area contributed by atoms with Gasteiger partial charge in [0.25, 0.3) is 17.5 Å². The van der Waals surface area contributed by atoms with Crippen LogP contribution < -0.4 is 10.6 Å². The topological polar surface area (TPSA) is 137 Å². The Labute approximate surface area is 159 Å². The van der Waals surface area contributed by atoms with Crippen molar-refractivity contribution in [2.45, 2.75) is 6.54 Å². The van der Waals surface area contributed by atoms with E-state index < -0.39 is 16.7 Å². The van der Waals surface area contributed by atoms with Crippen LogP contribution >= 0.6 is 0 Å². The van der Waals surface area contributed by atoms with Crippen LogP contribution in [0, 0.1) is 10.1 Å². The lowest BCUT2D eigenvalue weighted by molar-refractivity contribution is -0.384. The monoisotopic (exact) mass is 383 g/mol. The molecule has 2 heterocycles. The van der Waals surface area contributed by atoms with E-state index in [0.717, 1.165) is 5.56 Å². The molecule has 0 radical (unpaired) electrons. The largest absolute Gasteiger partial charge is 0.346 e. The summed E-state index contributed by atoms with van der Waals surface area (Å²) in [5.74, 6) is -0.924. The minimum absolute atomic E-state index is 0.117. The van der Waals surface area contributed by atoms with Crippen molar-refractivity contribution in [2.24, 2.45) is 14.1 Å². The lowest BCUT2D eigenvalue weighted by atomic mass is 10.2. The second-order valence-corrected chi connectivity index (χ2v) is 5.99. The molecule has 0 saturated heterocycles. The molecule has 3 rings (SSSR count). The summed E-state index contributed by atoms with van der Waals surface area (Å²) in [6.45, 7) is 0.271. The molecule has 11 heteroatoms. The van der Waals surface area contributed by atoms with Crippen LogP contribution in [0.1, 0.15) is 26.4 Å². The Hall–Kier alpha value is -4.02. The Morgan fingerprint density at radius 3 is 2.43 bits per heavy atom. The fraction of sp³-hybridized carbons (Fsp3) is 0.176. The highest BCUT2D eigenvalue weighted by molar-refractivity contribution is 6.08. The number of nitro benzene ring substituents is 1. The normalized spacial score (nSPS) is 10.5. The van der Waals surface area contributed by atoms with E-state index in [1.54, 1.807) is 31.2 Å². The van der Waals surface area contributed by atoms with Crippen molar-refractivity contribution < 1.29 is 14.5 Å². The maximum atomic E-state index is 12.5. The molecule has 144 valence electrons. The fourth-order valence-electron chi connectivity index (χ4n) is 2.56. The molecule has 0 aliphatic carbocycles. The summed E-state index contributed by atoms with van der Waals surface area (Å²) in [6, 6.07) is 5.15. The van der Waals surface area contributed by atoms with Crippen LogP contribution in [-0.4, -0.2) is 36.3 Å². The second kappa shape index (κ2) is 7.70. The van der Waals surface area contributed by atoms with Crippen molar-refractivity contribution in [3.63, 3.8) is 0 Å². The third kappa shape index (κ3) is 4.03. The highest BCUT2D eigenvalue weighted by atomic mass is 16.6. The van der Waals surface area contributed by atoms with Crippen LogP contribution in [-0.2, 0) is 20.6 Å². The van der Waals surface area contributed by atoms with Crippen LogP contribution in [0.25, 0.3) is 0 Å². The molecule has 28 heavy (non-hydrogen) atoms. The average molecular weight is 383 g/mol. The van der Waals surface area contributed by atoms with Gasteiger partial charge in [0.1, 0.15) is 5.69 Å². The van der Waals surface area contributed by atoms with Gasteiger partial charge < -0.3 is 10.6 Å². The predicted molar refractivity (Wildman–Crippen MR) is 98.6 cm³/mol. The summed E-state index contributed by atoms with van der Waals surface area (Å²) < 4.78 is 2.98. The van der Waals surface area contributed by atoms with E-state index in [4.69, 9.17) is 0 Å². The molecule has 0 unspecified atom stereocenters. The van der Waals surface area contributed by atoms with Crippen molar-refractivity contribution in [2.75, 3.05) is 5.32 Å². The van der Waals surface area contributed by atoms with E-state index in [1.165, 1.54) is 35.1 Å². The summed E-state index contributed by atoms with van der Waals surface area (Å²) in [6.07, 6.45) is 4.78. The second-order valence-electron chi connectivity index (χ2n) is 5.99. The van der Waals surface area contributed by atoms with Crippen molar-refractivity contribution >= 4 is 23.2 Å². The van der Waals surface area contributed by atoms with Crippen LogP contribution in [0.3, 0.4) is 0 Å². The van der Waals surface area contributed by atoms with Gasteiger partial charge in [0.2, 0.25) is 0 Å². The van der Waals surface area contributed by atoms with Gasteiger partial charge >= 0.3 is 0 Å². The smallest absolute Gasteiger partial charge is 0.271 e. The maximum absolute atomic E-state index is 12.5. The number of aryl methyl sites for hydroxylation is 2. The number of non-ortho nitro benzene ring substituents is 1. The average Bonchev–Trinajstić information content (AvgIpc) is 3.25. The summed E-state index contributed by atoms with van der Waals surface area (Å²) in [5, 5.41) is 24.1. The fourth-order valence-corrected chi connectivity index (χ4v) is 2.56. The Morgan fingerprint density at radius 1 is 1.11 bits per heavy atom. The highest BCUT2D eigenvalue weighted by Gasteiger charge is 2.19. The van der Waals surface area contributed by atoms with Crippen molar-refractivity contribution in [1.29, 1.82) is 0 Å². The first kappa shape index (κ1) is 18.8. The first-order valence-corrected chi connectivity index (χ1v) is 8.18. The van der Waals surface area contributed by atoms with Gasteiger partial charge in [0.15, 0.2) is 0 Å². The molecule has 0 fully saturated rings.